The lowest BCUT2D eigenvalue weighted by molar-refractivity contribution is -0.140. The molecule has 0 heterocycles. The topological polar surface area (TPSA) is 66.4 Å². The van der Waals surface area contributed by atoms with Gasteiger partial charge in [0.05, 0.1) is 0 Å². The number of carbonyl (C=O) groups excluding carboxylic acids is 1. The van der Waals surface area contributed by atoms with Crippen molar-refractivity contribution in [3.63, 3.8) is 0 Å². The van der Waals surface area contributed by atoms with E-state index in [-0.39, 0.29) is 5.91 Å². The van der Waals surface area contributed by atoms with Gasteiger partial charge in [0, 0.05) is 10.0 Å². The van der Waals surface area contributed by atoms with Gasteiger partial charge >= 0.3 is 5.97 Å². The first-order valence-electron chi connectivity index (χ1n) is 5.68. The van der Waals surface area contributed by atoms with Crippen molar-refractivity contribution >= 4 is 27.8 Å². The number of halogens is 1. The van der Waals surface area contributed by atoms with E-state index >= 15 is 0 Å². The summed E-state index contributed by atoms with van der Waals surface area (Å²) in [6, 6.07) is 3.64. The van der Waals surface area contributed by atoms with Crippen LogP contribution < -0.4 is 5.32 Å². The molecule has 0 saturated heterocycles. The van der Waals surface area contributed by atoms with Crippen molar-refractivity contribution in [3.8, 4) is 0 Å². The van der Waals surface area contributed by atoms with Crippen LogP contribution in [0.2, 0.25) is 0 Å². The lowest BCUT2D eigenvalue weighted by atomic mass is 10.0. The predicted octanol–water partition coefficient (Wildman–Crippen LogP) is 2.41. The van der Waals surface area contributed by atoms with Crippen molar-refractivity contribution in [3.05, 3.63) is 33.3 Å². The fourth-order valence-corrected chi connectivity index (χ4v) is 2.29. The van der Waals surface area contributed by atoms with Gasteiger partial charge in [0.25, 0.3) is 5.91 Å². The van der Waals surface area contributed by atoms with Crippen LogP contribution in [0.1, 0.15) is 34.3 Å². The summed E-state index contributed by atoms with van der Waals surface area (Å²) in [5.74, 6) is -1.27. The largest absolute Gasteiger partial charge is 0.480 e. The second-order valence-corrected chi connectivity index (χ2v) is 5.61. The number of aliphatic carboxylic acids is 1. The Labute approximate surface area is 114 Å². The normalized spacial score (nSPS) is 16.2. The minimum absolute atomic E-state index is 0.317. The van der Waals surface area contributed by atoms with Crippen molar-refractivity contribution in [2.24, 2.45) is 0 Å². The number of aryl methyl sites for hydroxylation is 2. The summed E-state index contributed by atoms with van der Waals surface area (Å²) in [5, 5.41) is 11.7. The second-order valence-electron chi connectivity index (χ2n) is 4.76. The minimum Gasteiger partial charge on any atom is -0.480 e. The number of amides is 1. The molecule has 0 bridgehead atoms. The van der Waals surface area contributed by atoms with Gasteiger partial charge in [-0.3, -0.25) is 4.79 Å². The first kappa shape index (κ1) is 13.1. The molecule has 1 fully saturated rings. The number of benzene rings is 1. The number of carboxylic acid groups (broad SMARTS) is 1. The molecule has 1 saturated carbocycles. The predicted molar refractivity (Wildman–Crippen MR) is 70.7 cm³/mol. The molecule has 1 aromatic rings. The summed E-state index contributed by atoms with van der Waals surface area (Å²) in [6.07, 6.45) is 1.01. The maximum Gasteiger partial charge on any atom is 0.329 e. The molecule has 1 aromatic carbocycles. The summed E-state index contributed by atoms with van der Waals surface area (Å²) >= 11 is 3.40. The molecular weight excluding hydrogens is 298 g/mol. The highest BCUT2D eigenvalue weighted by atomic mass is 79.9. The van der Waals surface area contributed by atoms with Crippen molar-refractivity contribution in [2.75, 3.05) is 0 Å². The van der Waals surface area contributed by atoms with Crippen molar-refractivity contribution < 1.29 is 14.7 Å². The Morgan fingerprint density at radius 1 is 1.28 bits per heavy atom. The Morgan fingerprint density at radius 3 is 2.39 bits per heavy atom. The van der Waals surface area contributed by atoms with Crippen LogP contribution in [0.15, 0.2) is 16.6 Å². The smallest absolute Gasteiger partial charge is 0.329 e. The fraction of sp³-hybridized carbons (Fsp3) is 0.385. The molecule has 0 unspecified atom stereocenters. The zero-order valence-electron chi connectivity index (χ0n) is 10.2. The number of carboxylic acids is 1. The van der Waals surface area contributed by atoms with Crippen LogP contribution in [0.5, 0.6) is 0 Å². The minimum atomic E-state index is -1.04. The third kappa shape index (κ3) is 2.27. The van der Waals surface area contributed by atoms with Gasteiger partial charge in [-0.1, -0.05) is 15.9 Å². The Morgan fingerprint density at radius 2 is 1.89 bits per heavy atom. The van der Waals surface area contributed by atoms with Gasteiger partial charge in [-0.2, -0.15) is 0 Å². The van der Waals surface area contributed by atoms with Crippen LogP contribution >= 0.6 is 15.9 Å². The molecule has 96 valence electrons. The van der Waals surface area contributed by atoms with E-state index in [2.05, 4.69) is 21.2 Å². The lowest BCUT2D eigenvalue weighted by Crippen LogP contribution is -2.43. The van der Waals surface area contributed by atoms with E-state index in [9.17, 15) is 9.59 Å². The fourth-order valence-electron chi connectivity index (χ4n) is 1.83. The summed E-state index contributed by atoms with van der Waals surface area (Å²) in [6.45, 7) is 3.73. The summed E-state index contributed by atoms with van der Waals surface area (Å²) in [5.41, 5.74) is 1.27. The number of nitrogens with one attached hydrogen (secondary N) is 1. The average Bonchev–Trinajstić information content (AvgIpc) is 3.04. The van der Waals surface area contributed by atoms with Gasteiger partial charge in [0.2, 0.25) is 0 Å². The first-order chi connectivity index (χ1) is 8.35. The molecule has 0 radical (unpaired) electrons. The third-order valence-corrected chi connectivity index (χ3v) is 4.12. The van der Waals surface area contributed by atoms with Crippen molar-refractivity contribution in [1.29, 1.82) is 0 Å². The molecule has 1 aliphatic carbocycles. The summed E-state index contributed by atoms with van der Waals surface area (Å²) in [4.78, 5) is 23.1. The van der Waals surface area contributed by atoms with E-state index in [1.54, 1.807) is 6.07 Å². The van der Waals surface area contributed by atoms with Crippen LogP contribution in [-0.2, 0) is 4.79 Å². The number of rotatable bonds is 3. The van der Waals surface area contributed by atoms with E-state index < -0.39 is 11.5 Å². The zero-order valence-corrected chi connectivity index (χ0v) is 11.8. The van der Waals surface area contributed by atoms with Crippen LogP contribution in [0, 0.1) is 13.8 Å². The summed E-state index contributed by atoms with van der Waals surface area (Å²) in [7, 11) is 0. The monoisotopic (exact) mass is 311 g/mol. The zero-order chi connectivity index (χ0) is 13.5. The Bertz CT molecular complexity index is 535. The molecule has 4 nitrogen and oxygen atoms in total. The molecule has 5 heteroatoms. The van der Waals surface area contributed by atoms with Gasteiger partial charge in [-0.25, -0.2) is 4.79 Å². The molecule has 1 aliphatic rings. The number of hydrogen-bond acceptors (Lipinski definition) is 2. The van der Waals surface area contributed by atoms with Gasteiger partial charge in [0.15, 0.2) is 0 Å². The molecular formula is C13H14BrNO3. The molecule has 2 rings (SSSR count). The number of hydrogen-bond donors (Lipinski definition) is 2. The van der Waals surface area contributed by atoms with Gasteiger partial charge in [0.1, 0.15) is 5.54 Å². The Balaban J connectivity index is 2.25. The number of carbonyl (C=O) groups is 2. The first-order valence-corrected chi connectivity index (χ1v) is 6.48. The van der Waals surface area contributed by atoms with Crippen LogP contribution in [-0.4, -0.2) is 22.5 Å². The molecule has 0 atom stereocenters. The van der Waals surface area contributed by atoms with Gasteiger partial charge in [-0.05, 0) is 49.9 Å². The van der Waals surface area contributed by atoms with Crippen LogP contribution in [0.3, 0.4) is 0 Å². The molecule has 0 spiro atoms. The second kappa shape index (κ2) is 4.39. The van der Waals surface area contributed by atoms with Crippen LogP contribution in [0.4, 0.5) is 0 Å². The van der Waals surface area contributed by atoms with E-state index in [1.807, 2.05) is 19.9 Å². The standard InChI is InChI=1S/C13H14BrNO3/c1-7-6-10(14)8(2)5-9(7)11(16)15-13(3-4-13)12(17)18/h5-6H,3-4H2,1-2H3,(H,15,16)(H,17,18). The van der Waals surface area contributed by atoms with E-state index in [4.69, 9.17) is 5.11 Å². The molecule has 2 N–H and O–H groups in total. The van der Waals surface area contributed by atoms with Gasteiger partial charge < -0.3 is 10.4 Å². The quantitative estimate of drug-likeness (QED) is 0.901. The van der Waals surface area contributed by atoms with Gasteiger partial charge in [-0.15, -0.1) is 0 Å². The Hall–Kier alpha value is -1.36. The van der Waals surface area contributed by atoms with E-state index in [0.29, 0.717) is 18.4 Å². The lowest BCUT2D eigenvalue weighted by Gasteiger charge is -2.14. The van der Waals surface area contributed by atoms with Crippen LogP contribution in [0.25, 0.3) is 0 Å². The molecule has 0 aromatic heterocycles. The van der Waals surface area contributed by atoms with E-state index in [0.717, 1.165) is 15.6 Å². The molecule has 0 aliphatic heterocycles. The Kier molecular flexibility index (Phi) is 3.19. The maximum absolute atomic E-state index is 12.1. The summed E-state index contributed by atoms with van der Waals surface area (Å²) < 4.78 is 0.941. The highest BCUT2D eigenvalue weighted by Gasteiger charge is 2.51. The molecule has 1 amide bonds. The highest BCUT2D eigenvalue weighted by molar-refractivity contribution is 9.10. The van der Waals surface area contributed by atoms with E-state index in [1.165, 1.54) is 0 Å². The molecule has 18 heavy (non-hydrogen) atoms. The van der Waals surface area contributed by atoms with Crippen molar-refractivity contribution in [1.82, 2.24) is 5.32 Å². The SMILES string of the molecule is Cc1cc(C(=O)NC2(C(=O)O)CC2)c(C)cc1Br. The average molecular weight is 312 g/mol. The highest BCUT2D eigenvalue weighted by Crippen LogP contribution is 2.36. The van der Waals surface area contributed by atoms with Crippen molar-refractivity contribution in [2.45, 2.75) is 32.2 Å². The maximum atomic E-state index is 12.1. The third-order valence-electron chi connectivity index (χ3n) is 3.26.